The fraction of sp³-hybridized carbons (Fsp3) is 0.875. The van der Waals surface area contributed by atoms with Gasteiger partial charge in [0.1, 0.15) is 6.29 Å². The van der Waals surface area contributed by atoms with Crippen LogP contribution in [0.15, 0.2) is 0 Å². The monoisotopic (exact) mass is 157 g/mol. The first-order chi connectivity index (χ1) is 5.33. The number of nitrogens with one attached hydrogen (secondary N) is 1. The van der Waals surface area contributed by atoms with Crippen LogP contribution >= 0.6 is 0 Å². The number of carbonyl (C=O) groups is 1. The van der Waals surface area contributed by atoms with Crippen LogP contribution in [0.5, 0.6) is 0 Å². The molecule has 1 saturated heterocycles. The fourth-order valence-corrected chi connectivity index (χ4v) is 1.52. The Morgan fingerprint density at radius 3 is 3.00 bits per heavy atom. The highest BCUT2D eigenvalue weighted by atomic mass is 16.5. The lowest BCUT2D eigenvalue weighted by Gasteiger charge is -2.34. The topological polar surface area (TPSA) is 38.3 Å². The van der Waals surface area contributed by atoms with Crippen molar-refractivity contribution in [3.63, 3.8) is 0 Å². The van der Waals surface area contributed by atoms with Gasteiger partial charge >= 0.3 is 0 Å². The Labute approximate surface area is 67.1 Å². The number of carbonyl (C=O) groups excluding carboxylic acids is 1. The second kappa shape index (κ2) is 3.83. The third-order valence-corrected chi connectivity index (χ3v) is 2.32. The van der Waals surface area contributed by atoms with Crippen molar-refractivity contribution in [2.45, 2.75) is 24.9 Å². The minimum Gasteiger partial charge on any atom is -0.376 e. The Kier molecular flexibility index (Phi) is 3.02. The molecule has 1 atom stereocenters. The molecule has 0 aromatic heterocycles. The zero-order valence-electron chi connectivity index (χ0n) is 6.93. The van der Waals surface area contributed by atoms with Crippen molar-refractivity contribution in [1.82, 2.24) is 5.32 Å². The molecule has 0 saturated carbocycles. The van der Waals surface area contributed by atoms with Crippen molar-refractivity contribution in [3.05, 3.63) is 0 Å². The Balaban J connectivity index is 2.49. The maximum absolute atomic E-state index is 10.3. The van der Waals surface area contributed by atoms with Gasteiger partial charge in [-0.1, -0.05) is 0 Å². The first-order valence-electron chi connectivity index (χ1n) is 4.02. The van der Waals surface area contributed by atoms with Gasteiger partial charge in [-0.25, -0.2) is 0 Å². The number of aldehydes is 1. The van der Waals surface area contributed by atoms with Crippen molar-refractivity contribution >= 4 is 6.29 Å². The summed E-state index contributed by atoms with van der Waals surface area (Å²) in [7, 11) is 1.68. The third-order valence-electron chi connectivity index (χ3n) is 2.32. The SMILES string of the molecule is COC1(CC=O)CCCNC1. The van der Waals surface area contributed by atoms with E-state index in [9.17, 15) is 4.79 Å². The molecule has 3 nitrogen and oxygen atoms in total. The van der Waals surface area contributed by atoms with Crippen LogP contribution in [0.2, 0.25) is 0 Å². The molecule has 0 spiro atoms. The van der Waals surface area contributed by atoms with Gasteiger partial charge in [0, 0.05) is 20.1 Å². The van der Waals surface area contributed by atoms with Crippen LogP contribution < -0.4 is 5.32 Å². The first kappa shape index (κ1) is 8.68. The molecule has 1 rings (SSSR count). The molecule has 0 radical (unpaired) electrons. The van der Waals surface area contributed by atoms with Gasteiger partial charge in [0.25, 0.3) is 0 Å². The molecule has 0 bridgehead atoms. The summed E-state index contributed by atoms with van der Waals surface area (Å²) >= 11 is 0. The molecule has 1 aliphatic rings. The third kappa shape index (κ3) is 2.01. The fourth-order valence-electron chi connectivity index (χ4n) is 1.52. The predicted molar refractivity (Wildman–Crippen MR) is 42.5 cm³/mol. The lowest BCUT2D eigenvalue weighted by molar-refractivity contribution is -0.115. The molecule has 0 amide bonds. The Morgan fingerprint density at radius 2 is 2.55 bits per heavy atom. The maximum atomic E-state index is 10.3. The van der Waals surface area contributed by atoms with E-state index in [1.807, 2.05) is 0 Å². The molecule has 0 aromatic carbocycles. The molecule has 1 heterocycles. The van der Waals surface area contributed by atoms with Crippen LogP contribution in [0.1, 0.15) is 19.3 Å². The first-order valence-corrected chi connectivity index (χ1v) is 4.02. The number of methoxy groups -OCH3 is 1. The normalized spacial score (nSPS) is 31.7. The standard InChI is InChI=1S/C8H15NO2/c1-11-8(4-6-10)3-2-5-9-7-8/h6,9H,2-5,7H2,1H3. The summed E-state index contributed by atoms with van der Waals surface area (Å²) in [6.07, 6.45) is 3.55. The summed E-state index contributed by atoms with van der Waals surface area (Å²) in [5.41, 5.74) is -0.208. The van der Waals surface area contributed by atoms with Crippen molar-refractivity contribution in [2.75, 3.05) is 20.2 Å². The highest BCUT2D eigenvalue weighted by Gasteiger charge is 2.30. The molecule has 1 fully saturated rings. The van der Waals surface area contributed by atoms with Gasteiger partial charge in [-0.3, -0.25) is 0 Å². The molecule has 11 heavy (non-hydrogen) atoms. The van der Waals surface area contributed by atoms with Gasteiger partial charge in [-0.05, 0) is 19.4 Å². The molecule has 1 aliphatic heterocycles. The molecular formula is C8H15NO2. The number of ether oxygens (including phenoxy) is 1. The summed E-state index contributed by atoms with van der Waals surface area (Å²) in [4.78, 5) is 10.3. The zero-order chi connectivity index (χ0) is 8.16. The summed E-state index contributed by atoms with van der Waals surface area (Å²) < 4.78 is 5.33. The number of piperidine rings is 1. The van der Waals surface area contributed by atoms with Crippen LogP contribution in [0.25, 0.3) is 0 Å². The van der Waals surface area contributed by atoms with E-state index in [-0.39, 0.29) is 5.60 Å². The lowest BCUT2D eigenvalue weighted by atomic mass is 9.91. The molecule has 3 heteroatoms. The summed E-state index contributed by atoms with van der Waals surface area (Å²) in [5, 5.41) is 3.23. The van der Waals surface area contributed by atoms with E-state index in [1.54, 1.807) is 7.11 Å². The van der Waals surface area contributed by atoms with Crippen molar-refractivity contribution < 1.29 is 9.53 Å². The van der Waals surface area contributed by atoms with Crippen LogP contribution in [-0.2, 0) is 9.53 Å². The summed E-state index contributed by atoms with van der Waals surface area (Å²) in [6, 6.07) is 0. The minimum absolute atomic E-state index is 0.208. The van der Waals surface area contributed by atoms with Crippen molar-refractivity contribution in [3.8, 4) is 0 Å². The maximum Gasteiger partial charge on any atom is 0.122 e. The molecular weight excluding hydrogens is 142 g/mol. The zero-order valence-corrected chi connectivity index (χ0v) is 6.93. The van der Waals surface area contributed by atoms with Crippen LogP contribution in [0, 0.1) is 0 Å². The quantitative estimate of drug-likeness (QED) is 0.600. The number of rotatable bonds is 3. The van der Waals surface area contributed by atoms with E-state index in [1.165, 1.54) is 0 Å². The number of hydrogen-bond acceptors (Lipinski definition) is 3. The van der Waals surface area contributed by atoms with Gasteiger partial charge in [0.15, 0.2) is 0 Å². The van der Waals surface area contributed by atoms with E-state index in [0.29, 0.717) is 6.42 Å². The van der Waals surface area contributed by atoms with E-state index >= 15 is 0 Å². The average molecular weight is 157 g/mol. The largest absolute Gasteiger partial charge is 0.376 e. The molecule has 0 aliphatic carbocycles. The van der Waals surface area contributed by atoms with E-state index in [4.69, 9.17) is 4.74 Å². The van der Waals surface area contributed by atoms with Gasteiger partial charge in [-0.2, -0.15) is 0 Å². The van der Waals surface area contributed by atoms with Crippen molar-refractivity contribution in [1.29, 1.82) is 0 Å². The summed E-state index contributed by atoms with van der Waals surface area (Å²) in [6.45, 7) is 1.85. The molecule has 0 aromatic rings. The van der Waals surface area contributed by atoms with Gasteiger partial charge in [-0.15, -0.1) is 0 Å². The Hall–Kier alpha value is -0.410. The second-order valence-corrected chi connectivity index (χ2v) is 3.04. The van der Waals surface area contributed by atoms with Gasteiger partial charge in [0.05, 0.1) is 5.60 Å². The smallest absolute Gasteiger partial charge is 0.122 e. The second-order valence-electron chi connectivity index (χ2n) is 3.04. The average Bonchev–Trinajstić information content (AvgIpc) is 2.07. The van der Waals surface area contributed by atoms with E-state index in [2.05, 4.69) is 5.32 Å². The highest BCUT2D eigenvalue weighted by molar-refractivity contribution is 5.51. The van der Waals surface area contributed by atoms with E-state index in [0.717, 1.165) is 32.2 Å². The lowest BCUT2D eigenvalue weighted by Crippen LogP contribution is -2.47. The summed E-state index contributed by atoms with van der Waals surface area (Å²) in [5.74, 6) is 0. The highest BCUT2D eigenvalue weighted by Crippen LogP contribution is 2.22. The predicted octanol–water partition coefficient (Wildman–Crippen LogP) is 0.344. The van der Waals surface area contributed by atoms with Gasteiger partial charge < -0.3 is 14.8 Å². The van der Waals surface area contributed by atoms with Crippen LogP contribution in [0.4, 0.5) is 0 Å². The van der Waals surface area contributed by atoms with Crippen molar-refractivity contribution in [2.24, 2.45) is 0 Å². The Morgan fingerprint density at radius 1 is 1.73 bits per heavy atom. The molecule has 1 unspecified atom stereocenters. The molecule has 64 valence electrons. The van der Waals surface area contributed by atoms with Gasteiger partial charge in [0.2, 0.25) is 0 Å². The van der Waals surface area contributed by atoms with Crippen LogP contribution in [-0.4, -0.2) is 32.1 Å². The van der Waals surface area contributed by atoms with E-state index < -0.39 is 0 Å². The van der Waals surface area contributed by atoms with Crippen LogP contribution in [0.3, 0.4) is 0 Å². The minimum atomic E-state index is -0.208. The molecule has 1 N–H and O–H groups in total. The number of hydrogen-bond donors (Lipinski definition) is 1. The Bertz CT molecular complexity index is 130.